The van der Waals surface area contributed by atoms with E-state index in [1.807, 2.05) is 23.2 Å². The third-order valence-corrected chi connectivity index (χ3v) is 5.85. The maximum Gasteiger partial charge on any atom is 0.219 e. The highest BCUT2D eigenvalue weighted by Crippen LogP contribution is 2.31. The lowest BCUT2D eigenvalue weighted by atomic mass is 9.99. The van der Waals surface area contributed by atoms with Gasteiger partial charge in [-0.15, -0.1) is 0 Å². The summed E-state index contributed by atoms with van der Waals surface area (Å²) in [5, 5.41) is 0. The van der Waals surface area contributed by atoms with Crippen molar-refractivity contribution < 1.29 is 9.53 Å². The molecular weight excluding hydrogens is 352 g/mol. The Morgan fingerprint density at radius 2 is 2.04 bits per heavy atom. The number of rotatable bonds is 4. The first-order chi connectivity index (χ1) is 13.6. The van der Waals surface area contributed by atoms with Crippen LogP contribution in [-0.4, -0.2) is 45.9 Å². The Hall–Kier alpha value is -2.47. The third-order valence-electron chi connectivity index (χ3n) is 5.85. The summed E-state index contributed by atoms with van der Waals surface area (Å²) < 4.78 is 5.27. The van der Waals surface area contributed by atoms with E-state index in [0.29, 0.717) is 6.54 Å². The Morgan fingerprint density at radius 3 is 2.79 bits per heavy atom. The molecule has 0 aliphatic carbocycles. The molecule has 0 radical (unpaired) electrons. The number of nitrogens with zero attached hydrogens (tertiary/aromatic N) is 4. The van der Waals surface area contributed by atoms with Crippen LogP contribution in [0.1, 0.15) is 54.9 Å². The van der Waals surface area contributed by atoms with E-state index >= 15 is 0 Å². The summed E-state index contributed by atoms with van der Waals surface area (Å²) >= 11 is 0. The van der Waals surface area contributed by atoms with Gasteiger partial charge in [0.05, 0.1) is 18.8 Å². The van der Waals surface area contributed by atoms with Crippen LogP contribution in [0.3, 0.4) is 0 Å². The van der Waals surface area contributed by atoms with Crippen molar-refractivity contribution in [3.8, 4) is 5.75 Å². The zero-order chi connectivity index (χ0) is 19.5. The van der Waals surface area contributed by atoms with Gasteiger partial charge in [0.2, 0.25) is 5.91 Å². The van der Waals surface area contributed by atoms with Gasteiger partial charge in [0.15, 0.2) is 0 Å². The Labute approximate surface area is 166 Å². The first-order valence-corrected chi connectivity index (χ1v) is 10.1. The van der Waals surface area contributed by atoms with Crippen LogP contribution >= 0.6 is 0 Å². The van der Waals surface area contributed by atoms with Gasteiger partial charge in [0, 0.05) is 44.7 Å². The fourth-order valence-electron chi connectivity index (χ4n) is 4.20. The summed E-state index contributed by atoms with van der Waals surface area (Å²) in [6.07, 6.45) is 6.27. The normalized spacial score (nSPS) is 19.9. The van der Waals surface area contributed by atoms with Crippen LogP contribution in [0.5, 0.6) is 5.75 Å². The van der Waals surface area contributed by atoms with Crippen molar-refractivity contribution in [1.29, 1.82) is 0 Å². The number of hydrogen-bond acceptors (Lipinski definition) is 5. The predicted molar refractivity (Wildman–Crippen MR) is 107 cm³/mol. The molecule has 1 aromatic carbocycles. The highest BCUT2D eigenvalue weighted by atomic mass is 16.5. The second-order valence-electron chi connectivity index (χ2n) is 7.72. The first-order valence-electron chi connectivity index (χ1n) is 10.1. The molecular formula is C22H28N4O2. The monoisotopic (exact) mass is 380 g/mol. The number of hydrogen-bond donors (Lipinski definition) is 0. The molecule has 1 atom stereocenters. The molecule has 1 amide bonds. The number of methoxy groups -OCH3 is 1. The zero-order valence-electron chi connectivity index (χ0n) is 16.7. The summed E-state index contributed by atoms with van der Waals surface area (Å²) in [4.78, 5) is 25.7. The lowest BCUT2D eigenvalue weighted by Gasteiger charge is -2.35. The van der Waals surface area contributed by atoms with Crippen molar-refractivity contribution in [3.05, 3.63) is 53.1 Å². The van der Waals surface area contributed by atoms with Gasteiger partial charge in [-0.1, -0.05) is 18.6 Å². The number of likely N-dealkylation sites (tertiary alicyclic amines) is 1. The van der Waals surface area contributed by atoms with Crippen LogP contribution < -0.4 is 4.74 Å². The number of carbonyl (C=O) groups excluding carboxylic acids is 1. The summed E-state index contributed by atoms with van der Waals surface area (Å²) in [6, 6.07) is 8.56. The number of benzene rings is 1. The van der Waals surface area contributed by atoms with Crippen molar-refractivity contribution in [3.63, 3.8) is 0 Å². The maximum atomic E-state index is 11.7. The van der Waals surface area contributed by atoms with E-state index in [9.17, 15) is 4.79 Å². The van der Waals surface area contributed by atoms with Crippen molar-refractivity contribution >= 4 is 5.91 Å². The van der Waals surface area contributed by atoms with Crippen LogP contribution in [-0.2, 0) is 24.3 Å². The van der Waals surface area contributed by atoms with E-state index < -0.39 is 0 Å². The minimum atomic E-state index is 0.118. The lowest BCUT2D eigenvalue weighted by Crippen LogP contribution is -2.36. The molecule has 6 heteroatoms. The summed E-state index contributed by atoms with van der Waals surface area (Å²) in [5.74, 6) is 1.94. The largest absolute Gasteiger partial charge is 0.497 e. The van der Waals surface area contributed by atoms with E-state index in [1.165, 1.54) is 18.4 Å². The van der Waals surface area contributed by atoms with Gasteiger partial charge in [-0.3, -0.25) is 9.69 Å². The molecule has 2 aliphatic heterocycles. The third kappa shape index (κ3) is 4.02. The Balaban J connectivity index is 1.52. The molecule has 2 aromatic rings. The standard InChI is InChI=1S/C22H28N4O2/c1-16(27)25-12-10-20-18(15-25)13-23-22(24-20)21-5-3-4-11-26(21)14-17-6-8-19(28-2)9-7-17/h6-9,13,21H,3-5,10-12,14-15H2,1-2H3/t21-/m1/s1. The number of amides is 1. The first kappa shape index (κ1) is 18.9. The van der Waals surface area contributed by atoms with Gasteiger partial charge in [-0.2, -0.15) is 0 Å². The van der Waals surface area contributed by atoms with Crippen molar-refractivity contribution in [2.45, 2.75) is 51.7 Å². The molecule has 2 aliphatic rings. The van der Waals surface area contributed by atoms with Crippen LogP contribution in [0.15, 0.2) is 30.5 Å². The lowest BCUT2D eigenvalue weighted by molar-refractivity contribution is -0.129. The SMILES string of the molecule is COc1ccc(CN2CCCC[C@@H]2c2ncc3c(n2)CCN(C(C)=O)C3)cc1. The molecule has 3 heterocycles. The Kier molecular flexibility index (Phi) is 5.57. The second kappa shape index (κ2) is 8.27. The minimum absolute atomic E-state index is 0.118. The van der Waals surface area contributed by atoms with Gasteiger partial charge in [-0.05, 0) is 37.1 Å². The van der Waals surface area contributed by atoms with Crippen LogP contribution in [0.2, 0.25) is 0 Å². The fraction of sp³-hybridized carbons (Fsp3) is 0.500. The number of fused-ring (bicyclic) bond motifs is 1. The number of aromatic nitrogens is 2. The van der Waals surface area contributed by atoms with E-state index in [-0.39, 0.29) is 11.9 Å². The maximum absolute atomic E-state index is 11.7. The number of carbonyl (C=O) groups is 1. The summed E-state index contributed by atoms with van der Waals surface area (Å²) in [5.41, 5.74) is 3.47. The van der Waals surface area contributed by atoms with Gasteiger partial charge in [0.1, 0.15) is 11.6 Å². The van der Waals surface area contributed by atoms with Crippen LogP contribution in [0.4, 0.5) is 0 Å². The van der Waals surface area contributed by atoms with Gasteiger partial charge < -0.3 is 9.64 Å². The van der Waals surface area contributed by atoms with Crippen molar-refractivity contribution in [2.24, 2.45) is 0 Å². The molecule has 148 valence electrons. The molecule has 1 aromatic heterocycles. The topological polar surface area (TPSA) is 58.6 Å². The predicted octanol–water partition coefficient (Wildman–Crippen LogP) is 3.12. The zero-order valence-corrected chi connectivity index (χ0v) is 16.7. The molecule has 0 unspecified atom stereocenters. The van der Waals surface area contributed by atoms with E-state index in [2.05, 4.69) is 17.0 Å². The van der Waals surface area contributed by atoms with Crippen LogP contribution in [0.25, 0.3) is 0 Å². The summed E-state index contributed by atoms with van der Waals surface area (Å²) in [7, 11) is 1.69. The smallest absolute Gasteiger partial charge is 0.219 e. The van der Waals surface area contributed by atoms with Crippen molar-refractivity contribution in [1.82, 2.24) is 19.8 Å². The molecule has 0 spiro atoms. The summed E-state index contributed by atoms with van der Waals surface area (Å²) in [6.45, 7) is 4.96. The second-order valence-corrected chi connectivity index (χ2v) is 7.72. The quantitative estimate of drug-likeness (QED) is 0.816. The van der Waals surface area contributed by atoms with Crippen molar-refractivity contribution in [2.75, 3.05) is 20.2 Å². The van der Waals surface area contributed by atoms with E-state index in [0.717, 1.165) is 55.3 Å². The average Bonchev–Trinajstić information content (AvgIpc) is 2.74. The van der Waals surface area contributed by atoms with Gasteiger partial charge in [0.25, 0.3) is 0 Å². The molecule has 4 rings (SSSR count). The Bertz CT molecular complexity index is 837. The van der Waals surface area contributed by atoms with E-state index in [4.69, 9.17) is 14.7 Å². The molecule has 0 N–H and O–H groups in total. The molecule has 28 heavy (non-hydrogen) atoms. The Morgan fingerprint density at radius 1 is 1.21 bits per heavy atom. The molecule has 1 saturated heterocycles. The van der Waals surface area contributed by atoms with Gasteiger partial charge in [-0.25, -0.2) is 9.97 Å². The minimum Gasteiger partial charge on any atom is -0.497 e. The molecule has 6 nitrogen and oxygen atoms in total. The number of ether oxygens (including phenoxy) is 1. The average molecular weight is 380 g/mol. The number of piperidine rings is 1. The van der Waals surface area contributed by atoms with Gasteiger partial charge >= 0.3 is 0 Å². The van der Waals surface area contributed by atoms with E-state index in [1.54, 1.807) is 14.0 Å². The highest BCUT2D eigenvalue weighted by Gasteiger charge is 2.28. The fourth-order valence-corrected chi connectivity index (χ4v) is 4.20. The molecule has 0 saturated carbocycles. The molecule has 1 fully saturated rings. The van der Waals surface area contributed by atoms with Crippen LogP contribution in [0, 0.1) is 0 Å². The molecule has 0 bridgehead atoms. The highest BCUT2D eigenvalue weighted by molar-refractivity contribution is 5.73.